The lowest BCUT2D eigenvalue weighted by atomic mass is 9.78. The van der Waals surface area contributed by atoms with Gasteiger partial charge in [0.2, 0.25) is 0 Å². The van der Waals surface area contributed by atoms with Crippen molar-refractivity contribution in [1.29, 1.82) is 0 Å². The number of hydrogen-bond acceptors (Lipinski definition) is 2. The first-order valence-electron chi connectivity index (χ1n) is 7.78. The maximum absolute atomic E-state index is 12.3. The van der Waals surface area contributed by atoms with E-state index in [4.69, 9.17) is 5.11 Å². The fourth-order valence-corrected chi connectivity index (χ4v) is 3.35. The summed E-state index contributed by atoms with van der Waals surface area (Å²) < 4.78 is 0. The first-order valence-corrected chi connectivity index (χ1v) is 7.78. The third kappa shape index (κ3) is 3.62. The molecule has 0 spiro atoms. The van der Waals surface area contributed by atoms with Gasteiger partial charge in [0, 0.05) is 25.7 Å². The van der Waals surface area contributed by atoms with E-state index in [0.717, 1.165) is 32.4 Å². The van der Waals surface area contributed by atoms with Gasteiger partial charge in [-0.2, -0.15) is 0 Å². The maximum atomic E-state index is 12.3. The third-order valence-corrected chi connectivity index (χ3v) is 5.18. The number of carbonyl (C=O) groups excluding carboxylic acids is 1. The minimum absolute atomic E-state index is 0.0994. The molecule has 0 bridgehead atoms. The third-order valence-electron chi connectivity index (χ3n) is 5.18. The van der Waals surface area contributed by atoms with Gasteiger partial charge in [0.05, 0.1) is 0 Å². The Morgan fingerprint density at radius 2 is 1.89 bits per heavy atom. The van der Waals surface area contributed by atoms with E-state index in [1.807, 2.05) is 4.90 Å². The summed E-state index contributed by atoms with van der Waals surface area (Å²) in [5, 5.41) is 12.3. The second kappa shape index (κ2) is 6.60. The summed E-state index contributed by atoms with van der Waals surface area (Å²) >= 11 is 0. The van der Waals surface area contributed by atoms with Crippen LogP contribution in [0.2, 0.25) is 0 Å². The molecule has 0 aromatic rings. The summed E-state index contributed by atoms with van der Waals surface area (Å²) in [5.74, 6) is 1.67. The number of nitrogens with one attached hydrogen (secondary N) is 1. The van der Waals surface area contributed by atoms with Crippen molar-refractivity contribution < 1.29 is 9.90 Å². The van der Waals surface area contributed by atoms with Crippen molar-refractivity contribution in [3.63, 3.8) is 0 Å². The average Bonchev–Trinajstić information content (AvgIpc) is 2.44. The Morgan fingerprint density at radius 3 is 2.53 bits per heavy atom. The molecule has 1 heterocycles. The number of aliphatic hydroxyl groups excluding tert-OH is 1. The van der Waals surface area contributed by atoms with Crippen LogP contribution in [0.3, 0.4) is 0 Å². The SMILES string of the molecule is CC1CCCC(NC(=O)N2CCC(CO)CC2)C1C. The zero-order chi connectivity index (χ0) is 13.8. The van der Waals surface area contributed by atoms with Crippen LogP contribution in [0.25, 0.3) is 0 Å². The molecule has 3 atom stereocenters. The van der Waals surface area contributed by atoms with E-state index in [2.05, 4.69) is 19.2 Å². The second-order valence-corrected chi connectivity index (χ2v) is 6.44. The van der Waals surface area contributed by atoms with Crippen molar-refractivity contribution in [3.8, 4) is 0 Å². The van der Waals surface area contributed by atoms with Crippen molar-refractivity contribution in [2.24, 2.45) is 17.8 Å². The standard InChI is InChI=1S/C15H28N2O2/c1-11-4-3-5-14(12(11)2)16-15(19)17-8-6-13(10-18)7-9-17/h11-14,18H,3-10H2,1-2H3,(H,16,19). The molecule has 2 amide bonds. The predicted molar refractivity (Wildman–Crippen MR) is 75.9 cm³/mol. The highest BCUT2D eigenvalue weighted by molar-refractivity contribution is 5.74. The van der Waals surface area contributed by atoms with Gasteiger partial charge < -0.3 is 15.3 Å². The van der Waals surface area contributed by atoms with Crippen LogP contribution in [0.1, 0.15) is 46.0 Å². The van der Waals surface area contributed by atoms with E-state index in [-0.39, 0.29) is 12.6 Å². The monoisotopic (exact) mass is 268 g/mol. The van der Waals surface area contributed by atoms with E-state index >= 15 is 0 Å². The number of amides is 2. The van der Waals surface area contributed by atoms with Crippen molar-refractivity contribution in [2.75, 3.05) is 19.7 Å². The minimum atomic E-state index is 0.0994. The zero-order valence-electron chi connectivity index (χ0n) is 12.3. The Balaban J connectivity index is 1.81. The summed E-state index contributed by atoms with van der Waals surface area (Å²) in [4.78, 5) is 14.2. The summed E-state index contributed by atoms with van der Waals surface area (Å²) in [6, 6.07) is 0.439. The Bertz CT molecular complexity index is 301. The smallest absolute Gasteiger partial charge is 0.317 e. The van der Waals surface area contributed by atoms with Crippen molar-refractivity contribution in [2.45, 2.75) is 52.0 Å². The molecule has 2 N–H and O–H groups in total. The molecule has 1 aliphatic heterocycles. The lowest BCUT2D eigenvalue weighted by Gasteiger charge is -2.37. The van der Waals surface area contributed by atoms with Gasteiger partial charge in [-0.25, -0.2) is 4.79 Å². The Kier molecular flexibility index (Phi) is 5.08. The lowest BCUT2D eigenvalue weighted by Crippen LogP contribution is -2.51. The molecule has 19 heavy (non-hydrogen) atoms. The predicted octanol–water partition coefficient (Wildman–Crippen LogP) is 2.23. The number of nitrogens with zero attached hydrogens (tertiary/aromatic N) is 1. The van der Waals surface area contributed by atoms with Crippen LogP contribution in [-0.2, 0) is 0 Å². The molecule has 110 valence electrons. The molecule has 3 unspecified atom stereocenters. The maximum Gasteiger partial charge on any atom is 0.317 e. The second-order valence-electron chi connectivity index (χ2n) is 6.44. The molecular weight excluding hydrogens is 240 g/mol. The quantitative estimate of drug-likeness (QED) is 0.807. The molecule has 1 aliphatic carbocycles. The molecule has 0 aromatic heterocycles. The molecular formula is C15H28N2O2. The highest BCUT2D eigenvalue weighted by Gasteiger charge is 2.30. The number of aliphatic hydroxyl groups is 1. The Morgan fingerprint density at radius 1 is 1.21 bits per heavy atom. The van der Waals surface area contributed by atoms with Crippen molar-refractivity contribution in [1.82, 2.24) is 10.2 Å². The molecule has 4 heteroatoms. The van der Waals surface area contributed by atoms with Crippen molar-refractivity contribution >= 4 is 6.03 Å². The van der Waals surface area contributed by atoms with E-state index in [0.29, 0.717) is 23.8 Å². The van der Waals surface area contributed by atoms with Crippen LogP contribution in [0.15, 0.2) is 0 Å². The molecule has 0 radical (unpaired) electrons. The van der Waals surface area contributed by atoms with E-state index in [1.165, 1.54) is 12.8 Å². The fourth-order valence-electron chi connectivity index (χ4n) is 3.35. The molecule has 1 saturated heterocycles. The Labute approximate surface area is 116 Å². The van der Waals surface area contributed by atoms with Gasteiger partial charge in [-0.3, -0.25) is 0 Å². The van der Waals surface area contributed by atoms with Gasteiger partial charge in [-0.1, -0.05) is 26.7 Å². The van der Waals surface area contributed by atoms with Crippen LogP contribution in [0.5, 0.6) is 0 Å². The van der Waals surface area contributed by atoms with Gasteiger partial charge >= 0.3 is 6.03 Å². The van der Waals surface area contributed by atoms with Gasteiger partial charge in [-0.05, 0) is 37.0 Å². The van der Waals surface area contributed by atoms with Gasteiger partial charge in [-0.15, -0.1) is 0 Å². The molecule has 2 fully saturated rings. The summed E-state index contributed by atoms with van der Waals surface area (Å²) in [6.45, 7) is 6.37. The van der Waals surface area contributed by atoms with Crippen molar-refractivity contribution in [3.05, 3.63) is 0 Å². The summed E-state index contributed by atoms with van der Waals surface area (Å²) in [7, 11) is 0. The highest BCUT2D eigenvalue weighted by Crippen LogP contribution is 2.29. The van der Waals surface area contributed by atoms with Crippen LogP contribution in [-0.4, -0.2) is 41.8 Å². The molecule has 0 aromatic carbocycles. The first kappa shape index (κ1) is 14.6. The first-order chi connectivity index (χ1) is 9.11. The van der Waals surface area contributed by atoms with Crippen LogP contribution >= 0.6 is 0 Å². The van der Waals surface area contributed by atoms with Gasteiger partial charge in [0.15, 0.2) is 0 Å². The van der Waals surface area contributed by atoms with Crippen LogP contribution in [0.4, 0.5) is 4.79 Å². The number of urea groups is 1. The number of rotatable bonds is 2. The lowest BCUT2D eigenvalue weighted by molar-refractivity contribution is 0.128. The van der Waals surface area contributed by atoms with E-state index in [9.17, 15) is 4.79 Å². The number of carbonyl (C=O) groups is 1. The minimum Gasteiger partial charge on any atom is -0.396 e. The fraction of sp³-hybridized carbons (Fsp3) is 0.933. The highest BCUT2D eigenvalue weighted by atomic mass is 16.3. The largest absolute Gasteiger partial charge is 0.396 e. The van der Waals surface area contributed by atoms with E-state index < -0.39 is 0 Å². The zero-order valence-corrected chi connectivity index (χ0v) is 12.3. The number of hydrogen-bond donors (Lipinski definition) is 2. The van der Waals surface area contributed by atoms with Crippen LogP contribution in [0, 0.1) is 17.8 Å². The van der Waals surface area contributed by atoms with Gasteiger partial charge in [0.1, 0.15) is 0 Å². The molecule has 2 rings (SSSR count). The molecule has 1 saturated carbocycles. The number of likely N-dealkylation sites (tertiary alicyclic amines) is 1. The Hall–Kier alpha value is -0.770. The topological polar surface area (TPSA) is 52.6 Å². The summed E-state index contributed by atoms with van der Waals surface area (Å²) in [6.07, 6.45) is 5.49. The normalized spacial score (nSPS) is 33.2. The average molecular weight is 268 g/mol. The molecule has 2 aliphatic rings. The van der Waals surface area contributed by atoms with Gasteiger partial charge in [0.25, 0.3) is 0 Å². The molecule has 4 nitrogen and oxygen atoms in total. The van der Waals surface area contributed by atoms with E-state index in [1.54, 1.807) is 0 Å². The number of piperidine rings is 1. The summed E-state index contributed by atoms with van der Waals surface area (Å²) in [5.41, 5.74) is 0. The van der Waals surface area contributed by atoms with Crippen LogP contribution < -0.4 is 5.32 Å².